The topological polar surface area (TPSA) is 182 Å². The minimum Gasteiger partial charge on any atom is -0.491 e. The number of amides is 4. The van der Waals surface area contributed by atoms with E-state index in [4.69, 9.17) is 14.2 Å². The van der Waals surface area contributed by atoms with Crippen molar-refractivity contribution >= 4 is 44.6 Å². The Kier molecular flexibility index (Phi) is 11.6. The Morgan fingerprint density at radius 3 is 2.42 bits per heavy atom. The Morgan fingerprint density at radius 1 is 1.03 bits per heavy atom. The van der Waals surface area contributed by atoms with Crippen molar-refractivity contribution in [3.8, 4) is 11.6 Å². The van der Waals surface area contributed by atoms with E-state index in [-0.39, 0.29) is 31.2 Å². The Bertz CT molecular complexity index is 2110. The zero-order valence-electron chi connectivity index (χ0n) is 33.5. The van der Waals surface area contributed by atoms with E-state index >= 15 is 0 Å². The van der Waals surface area contributed by atoms with Crippen molar-refractivity contribution in [1.82, 2.24) is 25.2 Å². The summed E-state index contributed by atoms with van der Waals surface area (Å²) in [6, 6.07) is 4.60. The first kappa shape index (κ1) is 42.5. The van der Waals surface area contributed by atoms with Crippen molar-refractivity contribution < 1.29 is 55.0 Å². The summed E-state index contributed by atoms with van der Waals surface area (Å²) in [6.45, 7) is 5.39. The Hall–Kier alpha value is -4.61. The number of ether oxygens (including phenoxy) is 3. The number of nitrogens with zero attached hydrogens (tertiary/aromatic N) is 2. The highest BCUT2D eigenvalue weighted by Gasteiger charge is 2.62. The van der Waals surface area contributed by atoms with Crippen molar-refractivity contribution in [3.63, 3.8) is 0 Å². The number of hydrogen-bond donors (Lipinski definition) is 3. The molecule has 1 saturated heterocycles. The maximum absolute atomic E-state index is 14.8. The van der Waals surface area contributed by atoms with Crippen LogP contribution in [0.1, 0.15) is 85.5 Å². The molecule has 1 aromatic heterocycles. The third-order valence-electron chi connectivity index (χ3n) is 12.1. The second-order valence-electron chi connectivity index (χ2n) is 17.5. The number of pyridine rings is 1. The maximum Gasteiger partial charge on any atom is 0.427 e. The quantitative estimate of drug-likeness (QED) is 0.266. The van der Waals surface area contributed by atoms with Gasteiger partial charge in [-0.2, -0.15) is 13.2 Å². The summed E-state index contributed by atoms with van der Waals surface area (Å²) in [7, 11) is -3.98. The van der Waals surface area contributed by atoms with E-state index in [1.54, 1.807) is 19.2 Å². The molecule has 0 radical (unpaired) electrons. The van der Waals surface area contributed by atoms with Crippen LogP contribution < -0.4 is 24.8 Å². The minimum atomic E-state index is -4.91. The molecule has 59 heavy (non-hydrogen) atoms. The highest BCUT2D eigenvalue weighted by Crippen LogP contribution is 2.46. The van der Waals surface area contributed by atoms with Crippen molar-refractivity contribution in [1.29, 1.82) is 0 Å². The first-order valence-corrected chi connectivity index (χ1v) is 21.9. The number of benzene rings is 1. The molecule has 14 nitrogen and oxygen atoms in total. The molecule has 4 amide bonds. The summed E-state index contributed by atoms with van der Waals surface area (Å²) in [5.41, 5.74) is -4.50. The van der Waals surface area contributed by atoms with E-state index in [1.807, 2.05) is 37.3 Å². The van der Waals surface area contributed by atoms with Crippen LogP contribution in [0.3, 0.4) is 0 Å². The molecular formula is C41H52F3N5O9S. The second-order valence-corrected chi connectivity index (χ2v) is 19.5. The lowest BCUT2D eigenvalue weighted by atomic mass is 9.88. The Labute approximate surface area is 341 Å². The molecule has 7 rings (SSSR count). The molecule has 0 unspecified atom stereocenters. The number of alkyl halides is 3. The van der Waals surface area contributed by atoms with Crippen LogP contribution in [0, 0.1) is 23.7 Å². The maximum atomic E-state index is 14.8. The lowest BCUT2D eigenvalue weighted by Crippen LogP contribution is -2.59. The number of alkyl carbamates (subject to hydrolysis) is 1. The predicted molar refractivity (Wildman–Crippen MR) is 208 cm³/mol. The molecule has 1 aromatic carbocycles. The van der Waals surface area contributed by atoms with E-state index < -0.39 is 86.4 Å². The SMILES string of the molecule is C[C@@H]1CC/C=C\[C@@H]2C[C@@]2(C(=O)NS(=O)(=O)C2CC2)NC(=O)[C@@H]2C[C@@H](Oc3ncc(OCC4CC4)c4ccccc34)CN2C(=O)[C@@H](NC(=O)OC(C)(C)C(F)(F)F)[C@H](C)C1. The molecule has 5 aliphatic rings. The molecular weight excluding hydrogens is 796 g/mol. The van der Waals surface area contributed by atoms with Crippen LogP contribution in [-0.4, -0.2) is 96.0 Å². The third-order valence-corrected chi connectivity index (χ3v) is 13.9. The van der Waals surface area contributed by atoms with Gasteiger partial charge in [0.25, 0.3) is 5.91 Å². The van der Waals surface area contributed by atoms with Crippen molar-refractivity contribution in [2.75, 3.05) is 13.2 Å². The highest BCUT2D eigenvalue weighted by molar-refractivity contribution is 7.91. The van der Waals surface area contributed by atoms with Crippen LogP contribution in [0.25, 0.3) is 10.8 Å². The largest absolute Gasteiger partial charge is 0.491 e. The first-order chi connectivity index (χ1) is 27.8. The van der Waals surface area contributed by atoms with Gasteiger partial charge in [-0.3, -0.25) is 19.1 Å². The summed E-state index contributed by atoms with van der Waals surface area (Å²) in [6.07, 6.45) is 2.57. The Morgan fingerprint density at radius 2 is 1.75 bits per heavy atom. The molecule has 4 fully saturated rings. The van der Waals surface area contributed by atoms with Crippen LogP contribution in [0.15, 0.2) is 42.6 Å². The minimum absolute atomic E-state index is 0.0312. The van der Waals surface area contributed by atoms with E-state index in [9.17, 15) is 40.8 Å². The molecule has 3 N–H and O–H groups in total. The van der Waals surface area contributed by atoms with Gasteiger partial charge in [0.15, 0.2) is 0 Å². The summed E-state index contributed by atoms with van der Waals surface area (Å²) in [4.78, 5) is 62.0. The van der Waals surface area contributed by atoms with Gasteiger partial charge in [0.05, 0.1) is 24.6 Å². The molecule has 322 valence electrons. The van der Waals surface area contributed by atoms with E-state index in [1.165, 1.54) is 4.90 Å². The molecule has 3 saturated carbocycles. The van der Waals surface area contributed by atoms with E-state index in [0.717, 1.165) is 18.2 Å². The summed E-state index contributed by atoms with van der Waals surface area (Å²) in [5.74, 6) is -2.33. The fourth-order valence-corrected chi connectivity index (χ4v) is 9.31. The number of halogens is 3. The van der Waals surface area contributed by atoms with Gasteiger partial charge >= 0.3 is 12.3 Å². The molecule has 3 aliphatic carbocycles. The lowest BCUT2D eigenvalue weighted by Gasteiger charge is -2.34. The van der Waals surface area contributed by atoms with Crippen molar-refractivity contribution in [3.05, 3.63) is 42.6 Å². The average Bonchev–Trinajstić information content (AvgIpc) is 4.06. The van der Waals surface area contributed by atoms with Crippen LogP contribution in [0.4, 0.5) is 18.0 Å². The molecule has 2 aromatic rings. The lowest BCUT2D eigenvalue weighted by molar-refractivity contribution is -0.244. The number of carbonyl (C=O) groups is 4. The number of carbonyl (C=O) groups excluding carboxylic acids is 4. The van der Waals surface area contributed by atoms with Gasteiger partial charge in [0, 0.05) is 23.1 Å². The van der Waals surface area contributed by atoms with Crippen LogP contribution in [-0.2, 0) is 29.1 Å². The number of fused-ring (bicyclic) bond motifs is 3. The smallest absolute Gasteiger partial charge is 0.427 e. The number of sulfonamides is 1. The summed E-state index contributed by atoms with van der Waals surface area (Å²) < 4.78 is 86.6. The first-order valence-electron chi connectivity index (χ1n) is 20.4. The molecule has 0 bridgehead atoms. The van der Waals surface area contributed by atoms with Gasteiger partial charge in [-0.05, 0) is 89.0 Å². The Balaban J connectivity index is 1.21. The van der Waals surface area contributed by atoms with Crippen LogP contribution in [0.2, 0.25) is 0 Å². The summed E-state index contributed by atoms with van der Waals surface area (Å²) in [5, 5.41) is 5.87. The number of hydrogen-bond acceptors (Lipinski definition) is 10. The van der Waals surface area contributed by atoms with Crippen LogP contribution in [0.5, 0.6) is 11.6 Å². The van der Waals surface area contributed by atoms with E-state index in [0.29, 0.717) is 69.6 Å². The molecule has 2 aliphatic heterocycles. The van der Waals surface area contributed by atoms with Gasteiger partial charge < -0.3 is 29.7 Å². The number of rotatable bonds is 10. The number of aromatic nitrogens is 1. The van der Waals surface area contributed by atoms with Crippen molar-refractivity contribution in [2.24, 2.45) is 23.7 Å². The molecule has 0 spiro atoms. The van der Waals surface area contributed by atoms with Crippen LogP contribution >= 0.6 is 0 Å². The van der Waals surface area contributed by atoms with E-state index in [2.05, 4.69) is 20.3 Å². The molecule has 3 heterocycles. The third kappa shape index (κ3) is 9.41. The molecule has 18 heteroatoms. The van der Waals surface area contributed by atoms with Gasteiger partial charge in [-0.1, -0.05) is 44.2 Å². The average molecular weight is 848 g/mol. The zero-order chi connectivity index (χ0) is 42.5. The number of nitrogens with one attached hydrogen (secondary N) is 3. The summed E-state index contributed by atoms with van der Waals surface area (Å²) >= 11 is 0. The predicted octanol–water partition coefficient (Wildman–Crippen LogP) is 5.30. The number of allylic oxidation sites excluding steroid dienone is 1. The monoisotopic (exact) mass is 847 g/mol. The second kappa shape index (κ2) is 16.1. The van der Waals surface area contributed by atoms with Crippen molar-refractivity contribution in [2.45, 2.75) is 126 Å². The van der Waals surface area contributed by atoms with Gasteiger partial charge in [-0.15, -0.1) is 0 Å². The van der Waals surface area contributed by atoms with Gasteiger partial charge in [-0.25, -0.2) is 18.2 Å². The highest BCUT2D eigenvalue weighted by atomic mass is 32.2. The fraction of sp³-hybridized carbons (Fsp3) is 0.634. The fourth-order valence-electron chi connectivity index (χ4n) is 7.94. The molecule has 7 atom stereocenters. The standard InChI is InChI=1S/C41H52F3N5O9S/c1-23-9-5-6-10-26-19-40(26,37(52)48-59(54,55)28-15-16-28)47-34(50)31-18-27(57-35-30-12-8-7-11-29(30)32(20-45-35)56-22-25-13-14-25)21-49(31)36(51)33(24(2)17-23)46-38(53)58-39(3,4)41(42,43)44/h6-8,10-12,20,23-28,31,33H,5,9,13-19,21-22H2,1-4H3,(H,46,53)(H,47,50)(H,48,52)/b10-6-/t23-,24-,26-,27-,31+,33+,40-/m1/s1. The zero-order valence-corrected chi connectivity index (χ0v) is 34.4. The van der Waals surface area contributed by atoms with Gasteiger partial charge in [0.1, 0.15) is 29.5 Å². The van der Waals surface area contributed by atoms with Gasteiger partial charge in [0.2, 0.25) is 33.3 Å². The normalized spacial score (nSPS) is 29.8.